The van der Waals surface area contributed by atoms with Crippen LogP contribution in [0.15, 0.2) is 30.3 Å². The van der Waals surface area contributed by atoms with E-state index >= 15 is 0 Å². The number of nitrogens with two attached hydrogens (primary N) is 1. The molecule has 4 N–H and O–H groups in total. The van der Waals surface area contributed by atoms with Gasteiger partial charge in [0.05, 0.1) is 0 Å². The number of nitrogens with one attached hydrogen (secondary N) is 1. The molecule has 1 rings (SSSR count). The van der Waals surface area contributed by atoms with E-state index in [2.05, 4.69) is 5.32 Å². The number of carbonyl (C=O) groups is 2. The van der Waals surface area contributed by atoms with Crippen LogP contribution >= 0.6 is 0 Å². The second-order valence-corrected chi connectivity index (χ2v) is 4.75. The molecule has 0 radical (unpaired) electrons. The van der Waals surface area contributed by atoms with E-state index in [1.54, 1.807) is 0 Å². The Balaban J connectivity index is 2.43. The van der Waals surface area contributed by atoms with Crippen LogP contribution in [0.25, 0.3) is 0 Å². The average Bonchev–Trinajstić information content (AvgIpc) is 2.44. The standard InChI is InChI=1S/C15H22N2O3/c16-10-6-2-5-9-14(18)17-13(15(19)20)11-12-7-3-1-4-8-12/h1,3-4,7-8,13H,2,5-6,9-11,16H2,(H,17,18)(H,19,20)/t13-/m0/s1. The molecule has 1 aromatic rings. The molecule has 0 heterocycles. The molecule has 0 spiro atoms. The Bertz CT molecular complexity index is 420. The number of aliphatic carboxylic acids is 1. The van der Waals surface area contributed by atoms with Gasteiger partial charge >= 0.3 is 5.97 Å². The van der Waals surface area contributed by atoms with Crippen molar-refractivity contribution >= 4 is 11.9 Å². The van der Waals surface area contributed by atoms with Crippen LogP contribution < -0.4 is 11.1 Å². The molecule has 1 aromatic carbocycles. The Morgan fingerprint density at radius 1 is 1.15 bits per heavy atom. The summed E-state index contributed by atoms with van der Waals surface area (Å²) >= 11 is 0. The van der Waals surface area contributed by atoms with Gasteiger partial charge in [-0.1, -0.05) is 36.8 Å². The highest BCUT2D eigenvalue weighted by Crippen LogP contribution is 2.05. The molecule has 110 valence electrons. The van der Waals surface area contributed by atoms with E-state index in [9.17, 15) is 9.59 Å². The minimum atomic E-state index is -1.01. The van der Waals surface area contributed by atoms with Gasteiger partial charge in [-0.15, -0.1) is 0 Å². The third-order valence-electron chi connectivity index (χ3n) is 3.02. The average molecular weight is 278 g/mol. The van der Waals surface area contributed by atoms with Crippen LogP contribution in [0, 0.1) is 0 Å². The molecule has 0 aliphatic heterocycles. The first-order chi connectivity index (χ1) is 9.63. The molecule has 0 saturated heterocycles. The lowest BCUT2D eigenvalue weighted by Crippen LogP contribution is -2.42. The highest BCUT2D eigenvalue weighted by molar-refractivity contribution is 5.83. The van der Waals surface area contributed by atoms with Crippen molar-refractivity contribution in [3.8, 4) is 0 Å². The van der Waals surface area contributed by atoms with Gasteiger partial charge in [0.15, 0.2) is 0 Å². The molecule has 20 heavy (non-hydrogen) atoms. The maximum absolute atomic E-state index is 11.7. The third kappa shape index (κ3) is 6.33. The van der Waals surface area contributed by atoms with Crippen LogP contribution in [0.1, 0.15) is 31.2 Å². The van der Waals surface area contributed by atoms with Gasteiger partial charge in [-0.2, -0.15) is 0 Å². The fourth-order valence-electron chi connectivity index (χ4n) is 1.92. The number of unbranched alkanes of at least 4 members (excludes halogenated alkanes) is 2. The van der Waals surface area contributed by atoms with Crippen molar-refractivity contribution in [3.05, 3.63) is 35.9 Å². The quantitative estimate of drug-likeness (QED) is 0.594. The summed E-state index contributed by atoms with van der Waals surface area (Å²) < 4.78 is 0. The molecule has 0 bridgehead atoms. The summed E-state index contributed by atoms with van der Waals surface area (Å²) in [7, 11) is 0. The first-order valence-corrected chi connectivity index (χ1v) is 6.89. The van der Waals surface area contributed by atoms with Crippen LogP contribution in [-0.4, -0.2) is 29.6 Å². The molecule has 0 fully saturated rings. The topological polar surface area (TPSA) is 92.4 Å². The summed E-state index contributed by atoms with van der Waals surface area (Å²) in [4.78, 5) is 22.9. The predicted octanol–water partition coefficient (Wildman–Crippen LogP) is 1.32. The monoisotopic (exact) mass is 278 g/mol. The van der Waals surface area contributed by atoms with Crippen molar-refractivity contribution in [1.82, 2.24) is 5.32 Å². The van der Waals surface area contributed by atoms with Crippen molar-refractivity contribution in [2.24, 2.45) is 5.73 Å². The van der Waals surface area contributed by atoms with Gasteiger partial charge in [-0.25, -0.2) is 4.79 Å². The van der Waals surface area contributed by atoms with Gasteiger partial charge in [-0.3, -0.25) is 4.79 Å². The summed E-state index contributed by atoms with van der Waals surface area (Å²) in [6.07, 6.45) is 3.16. The summed E-state index contributed by atoms with van der Waals surface area (Å²) in [6, 6.07) is 8.40. The van der Waals surface area contributed by atoms with Gasteiger partial charge in [0.1, 0.15) is 6.04 Å². The summed E-state index contributed by atoms with van der Waals surface area (Å²) in [5.74, 6) is -1.23. The van der Waals surface area contributed by atoms with Crippen LogP contribution in [0.3, 0.4) is 0 Å². The van der Waals surface area contributed by atoms with E-state index in [1.165, 1.54) is 0 Å². The Morgan fingerprint density at radius 2 is 1.85 bits per heavy atom. The first kappa shape index (κ1) is 16.2. The lowest BCUT2D eigenvalue weighted by molar-refractivity contribution is -0.141. The minimum absolute atomic E-state index is 0.217. The SMILES string of the molecule is NCCCCCC(=O)N[C@@H](Cc1ccccc1)C(=O)O. The van der Waals surface area contributed by atoms with E-state index in [0.29, 0.717) is 19.4 Å². The van der Waals surface area contributed by atoms with Crippen LogP contribution in [0.2, 0.25) is 0 Å². The molecule has 0 aromatic heterocycles. The lowest BCUT2D eigenvalue weighted by atomic mass is 10.1. The number of amides is 1. The van der Waals surface area contributed by atoms with Crippen molar-refractivity contribution < 1.29 is 14.7 Å². The van der Waals surface area contributed by atoms with E-state index in [-0.39, 0.29) is 5.91 Å². The summed E-state index contributed by atoms with van der Waals surface area (Å²) in [6.45, 7) is 0.618. The first-order valence-electron chi connectivity index (χ1n) is 6.89. The zero-order valence-electron chi connectivity index (χ0n) is 11.5. The maximum Gasteiger partial charge on any atom is 0.326 e. The Morgan fingerprint density at radius 3 is 2.45 bits per heavy atom. The number of hydrogen-bond donors (Lipinski definition) is 3. The summed E-state index contributed by atoms with van der Waals surface area (Å²) in [5, 5.41) is 11.7. The summed E-state index contributed by atoms with van der Waals surface area (Å²) in [5.41, 5.74) is 6.27. The molecular weight excluding hydrogens is 256 g/mol. The molecule has 5 nitrogen and oxygen atoms in total. The highest BCUT2D eigenvalue weighted by Gasteiger charge is 2.19. The fraction of sp³-hybridized carbons (Fsp3) is 0.467. The second kappa shape index (κ2) is 9.09. The zero-order chi connectivity index (χ0) is 14.8. The largest absolute Gasteiger partial charge is 0.480 e. The molecule has 1 amide bonds. The minimum Gasteiger partial charge on any atom is -0.480 e. The Labute approximate surface area is 119 Å². The number of hydrogen-bond acceptors (Lipinski definition) is 3. The van der Waals surface area contributed by atoms with E-state index in [4.69, 9.17) is 10.8 Å². The Hall–Kier alpha value is -1.88. The zero-order valence-corrected chi connectivity index (χ0v) is 11.5. The van der Waals surface area contributed by atoms with Gasteiger partial charge in [-0.05, 0) is 24.9 Å². The van der Waals surface area contributed by atoms with Gasteiger partial charge in [0.2, 0.25) is 5.91 Å². The van der Waals surface area contributed by atoms with Crippen LogP contribution in [0.5, 0.6) is 0 Å². The molecule has 5 heteroatoms. The van der Waals surface area contributed by atoms with Gasteiger partial charge < -0.3 is 16.2 Å². The number of benzene rings is 1. The van der Waals surface area contributed by atoms with Crippen molar-refractivity contribution in [2.45, 2.75) is 38.1 Å². The smallest absolute Gasteiger partial charge is 0.326 e. The number of carboxylic acid groups (broad SMARTS) is 1. The molecular formula is C15H22N2O3. The van der Waals surface area contributed by atoms with Crippen LogP contribution in [0.4, 0.5) is 0 Å². The second-order valence-electron chi connectivity index (χ2n) is 4.75. The van der Waals surface area contributed by atoms with Crippen molar-refractivity contribution in [1.29, 1.82) is 0 Å². The predicted molar refractivity (Wildman–Crippen MR) is 77.2 cm³/mol. The van der Waals surface area contributed by atoms with E-state index < -0.39 is 12.0 Å². The number of rotatable bonds is 9. The highest BCUT2D eigenvalue weighted by atomic mass is 16.4. The maximum atomic E-state index is 11.7. The molecule has 1 atom stereocenters. The van der Waals surface area contributed by atoms with E-state index in [0.717, 1.165) is 24.8 Å². The normalized spacial score (nSPS) is 11.8. The number of carbonyl (C=O) groups excluding carboxylic acids is 1. The third-order valence-corrected chi connectivity index (χ3v) is 3.02. The van der Waals surface area contributed by atoms with Crippen LogP contribution in [-0.2, 0) is 16.0 Å². The molecule has 0 unspecified atom stereocenters. The van der Waals surface area contributed by atoms with Gasteiger partial charge in [0.25, 0.3) is 0 Å². The number of carboxylic acids is 1. The molecule has 0 aliphatic carbocycles. The van der Waals surface area contributed by atoms with Gasteiger partial charge in [0, 0.05) is 12.8 Å². The van der Waals surface area contributed by atoms with Crippen molar-refractivity contribution in [3.63, 3.8) is 0 Å². The van der Waals surface area contributed by atoms with Crippen molar-refractivity contribution in [2.75, 3.05) is 6.54 Å². The Kier molecular flexibility index (Phi) is 7.35. The molecule has 0 aliphatic rings. The fourth-order valence-corrected chi connectivity index (χ4v) is 1.92. The lowest BCUT2D eigenvalue weighted by Gasteiger charge is -2.14. The van der Waals surface area contributed by atoms with E-state index in [1.807, 2.05) is 30.3 Å². The molecule has 0 saturated carbocycles.